The highest BCUT2D eigenvalue weighted by atomic mass is 16.5. The number of fused-ring (bicyclic) bond motifs is 1. The van der Waals surface area contributed by atoms with Crippen LogP contribution in [0.25, 0.3) is 0 Å². The Morgan fingerprint density at radius 1 is 1.00 bits per heavy atom. The smallest absolute Gasteiger partial charge is 0.261 e. The average Bonchev–Trinajstić information content (AvgIpc) is 3.03. The van der Waals surface area contributed by atoms with E-state index in [0.717, 1.165) is 4.90 Å². The van der Waals surface area contributed by atoms with Crippen LogP contribution >= 0.6 is 0 Å². The number of benzene rings is 2. The fourth-order valence-corrected chi connectivity index (χ4v) is 3.54. The monoisotopic (exact) mass is 423 g/mol. The minimum atomic E-state index is -0.471. The van der Waals surface area contributed by atoms with E-state index in [1.165, 1.54) is 7.11 Å². The van der Waals surface area contributed by atoms with E-state index in [2.05, 4.69) is 5.32 Å². The van der Waals surface area contributed by atoms with Crippen LogP contribution in [0.1, 0.15) is 50.5 Å². The highest BCUT2D eigenvalue weighted by Crippen LogP contribution is 2.26. The number of likely N-dealkylation sites (N-methyl/N-ethyl adjacent to an activating group) is 1. The van der Waals surface area contributed by atoms with E-state index in [4.69, 9.17) is 4.74 Å². The van der Waals surface area contributed by atoms with Crippen molar-refractivity contribution in [2.75, 3.05) is 26.7 Å². The molecule has 1 N–H and O–H groups in total. The summed E-state index contributed by atoms with van der Waals surface area (Å²) in [5.41, 5.74) is 1.56. The predicted octanol–water partition coefficient (Wildman–Crippen LogP) is 2.09. The van der Waals surface area contributed by atoms with Crippen LogP contribution < -0.4 is 10.1 Å². The van der Waals surface area contributed by atoms with E-state index >= 15 is 0 Å². The molecule has 3 rings (SSSR count). The predicted molar refractivity (Wildman–Crippen MR) is 114 cm³/mol. The number of nitrogens with zero attached hydrogens (tertiary/aromatic N) is 2. The molecular formula is C23H25N3O5. The van der Waals surface area contributed by atoms with Crippen LogP contribution in [0.5, 0.6) is 5.75 Å². The molecule has 0 aromatic heterocycles. The molecule has 0 radical (unpaired) electrons. The third kappa shape index (κ3) is 4.42. The van der Waals surface area contributed by atoms with E-state index < -0.39 is 5.91 Å². The summed E-state index contributed by atoms with van der Waals surface area (Å²) in [7, 11) is 1.44. The molecule has 0 spiro atoms. The van der Waals surface area contributed by atoms with Crippen LogP contribution in [0, 0.1) is 0 Å². The van der Waals surface area contributed by atoms with Crippen molar-refractivity contribution in [3.63, 3.8) is 0 Å². The van der Waals surface area contributed by atoms with Crippen LogP contribution in [0.3, 0.4) is 0 Å². The van der Waals surface area contributed by atoms with Crippen LogP contribution in [0.4, 0.5) is 0 Å². The molecule has 1 aliphatic heterocycles. The molecule has 0 aliphatic carbocycles. The maximum absolute atomic E-state index is 12.7. The summed E-state index contributed by atoms with van der Waals surface area (Å²) in [5.74, 6) is -1.06. The molecule has 2 aromatic carbocycles. The second-order valence-electron chi connectivity index (χ2n) is 7.03. The molecule has 0 saturated heterocycles. The summed E-state index contributed by atoms with van der Waals surface area (Å²) in [5, 5.41) is 2.62. The Morgan fingerprint density at radius 2 is 1.61 bits per heavy atom. The Labute approximate surface area is 180 Å². The number of carbonyl (C=O) groups is 4. The molecule has 2 aromatic rings. The van der Waals surface area contributed by atoms with Gasteiger partial charge in [0.2, 0.25) is 5.91 Å². The standard InChI is InChI=1S/C23H25N3O5/c1-4-25(5-2)20(27)13-24-21(28)18-12-15(10-11-19(18)31-3)14-26-22(29)16-8-6-7-9-17(16)23(26)30/h6-12H,4-5,13-14H2,1-3H3,(H,24,28). The Balaban J connectivity index is 1.77. The number of imide groups is 1. The van der Waals surface area contributed by atoms with Crippen molar-refractivity contribution in [3.05, 3.63) is 64.7 Å². The van der Waals surface area contributed by atoms with Crippen molar-refractivity contribution in [3.8, 4) is 5.75 Å². The average molecular weight is 423 g/mol. The van der Waals surface area contributed by atoms with E-state index in [0.29, 0.717) is 35.5 Å². The Hall–Kier alpha value is -3.68. The molecule has 0 saturated carbocycles. The van der Waals surface area contributed by atoms with Gasteiger partial charge in [0.25, 0.3) is 17.7 Å². The first kappa shape index (κ1) is 22.0. The number of hydrogen-bond acceptors (Lipinski definition) is 5. The topological polar surface area (TPSA) is 96.0 Å². The van der Waals surface area contributed by atoms with Gasteiger partial charge in [-0.05, 0) is 43.7 Å². The van der Waals surface area contributed by atoms with Gasteiger partial charge in [0.05, 0.1) is 36.9 Å². The van der Waals surface area contributed by atoms with Crippen molar-refractivity contribution >= 4 is 23.6 Å². The van der Waals surface area contributed by atoms with Gasteiger partial charge in [0.1, 0.15) is 5.75 Å². The van der Waals surface area contributed by atoms with Gasteiger partial charge in [0.15, 0.2) is 0 Å². The second-order valence-corrected chi connectivity index (χ2v) is 7.03. The van der Waals surface area contributed by atoms with Crippen molar-refractivity contribution in [2.45, 2.75) is 20.4 Å². The van der Waals surface area contributed by atoms with Crippen molar-refractivity contribution in [1.29, 1.82) is 0 Å². The number of ether oxygens (including phenoxy) is 1. The number of rotatable bonds is 8. The lowest BCUT2D eigenvalue weighted by Gasteiger charge is -2.19. The molecule has 1 heterocycles. The maximum Gasteiger partial charge on any atom is 0.261 e. The number of amides is 4. The molecule has 8 heteroatoms. The van der Waals surface area contributed by atoms with E-state index in [1.807, 2.05) is 13.8 Å². The van der Waals surface area contributed by atoms with Gasteiger partial charge in [-0.15, -0.1) is 0 Å². The lowest BCUT2D eigenvalue weighted by Crippen LogP contribution is -2.40. The van der Waals surface area contributed by atoms with Crippen molar-refractivity contribution in [1.82, 2.24) is 15.1 Å². The van der Waals surface area contributed by atoms with Crippen LogP contribution in [-0.2, 0) is 11.3 Å². The first-order valence-electron chi connectivity index (χ1n) is 10.1. The zero-order chi connectivity index (χ0) is 22.5. The fraction of sp³-hybridized carbons (Fsp3) is 0.304. The van der Waals surface area contributed by atoms with Gasteiger partial charge in [-0.25, -0.2) is 0 Å². The summed E-state index contributed by atoms with van der Waals surface area (Å²) in [6.45, 7) is 4.75. The minimum absolute atomic E-state index is 0.0228. The van der Waals surface area contributed by atoms with E-state index in [9.17, 15) is 19.2 Å². The van der Waals surface area contributed by atoms with Gasteiger partial charge >= 0.3 is 0 Å². The highest BCUT2D eigenvalue weighted by Gasteiger charge is 2.35. The Bertz CT molecular complexity index is 995. The van der Waals surface area contributed by atoms with Gasteiger partial charge in [-0.3, -0.25) is 24.1 Å². The number of carbonyl (C=O) groups excluding carboxylic acids is 4. The summed E-state index contributed by atoms with van der Waals surface area (Å²) in [6, 6.07) is 11.5. The Morgan fingerprint density at radius 3 is 2.16 bits per heavy atom. The summed E-state index contributed by atoms with van der Waals surface area (Å²) >= 11 is 0. The normalized spacial score (nSPS) is 12.5. The van der Waals surface area contributed by atoms with Crippen molar-refractivity contribution in [2.24, 2.45) is 0 Å². The maximum atomic E-state index is 12.7. The van der Waals surface area contributed by atoms with Crippen molar-refractivity contribution < 1.29 is 23.9 Å². The lowest BCUT2D eigenvalue weighted by molar-refractivity contribution is -0.129. The molecule has 31 heavy (non-hydrogen) atoms. The number of nitrogens with one attached hydrogen (secondary N) is 1. The molecule has 0 unspecified atom stereocenters. The molecular weight excluding hydrogens is 398 g/mol. The molecule has 0 fully saturated rings. The lowest BCUT2D eigenvalue weighted by atomic mass is 10.1. The molecule has 1 aliphatic rings. The molecule has 0 bridgehead atoms. The fourth-order valence-electron chi connectivity index (χ4n) is 3.54. The summed E-state index contributed by atoms with van der Waals surface area (Å²) < 4.78 is 5.28. The van der Waals surface area contributed by atoms with Crippen LogP contribution in [-0.4, -0.2) is 60.2 Å². The van der Waals surface area contributed by atoms with Gasteiger partial charge in [-0.1, -0.05) is 18.2 Å². The minimum Gasteiger partial charge on any atom is -0.496 e. The first-order chi connectivity index (χ1) is 14.9. The third-order valence-corrected chi connectivity index (χ3v) is 5.24. The SMILES string of the molecule is CCN(CC)C(=O)CNC(=O)c1cc(CN2C(=O)c3ccccc3C2=O)ccc1OC. The third-order valence-electron chi connectivity index (χ3n) is 5.24. The highest BCUT2D eigenvalue weighted by molar-refractivity contribution is 6.21. The van der Waals surface area contributed by atoms with E-state index in [1.54, 1.807) is 47.4 Å². The first-order valence-corrected chi connectivity index (χ1v) is 10.1. The number of hydrogen-bond donors (Lipinski definition) is 1. The molecule has 162 valence electrons. The zero-order valence-electron chi connectivity index (χ0n) is 17.8. The second kappa shape index (κ2) is 9.42. The molecule has 0 atom stereocenters. The Kier molecular flexibility index (Phi) is 6.69. The summed E-state index contributed by atoms with van der Waals surface area (Å²) in [4.78, 5) is 52.9. The van der Waals surface area contributed by atoms with Gasteiger partial charge in [-0.2, -0.15) is 0 Å². The van der Waals surface area contributed by atoms with Crippen LogP contribution in [0.2, 0.25) is 0 Å². The molecule has 4 amide bonds. The number of methoxy groups -OCH3 is 1. The van der Waals surface area contributed by atoms with Gasteiger partial charge < -0.3 is 15.0 Å². The van der Waals surface area contributed by atoms with Crippen LogP contribution in [0.15, 0.2) is 42.5 Å². The summed E-state index contributed by atoms with van der Waals surface area (Å²) in [6.07, 6.45) is 0. The molecule has 8 nitrogen and oxygen atoms in total. The van der Waals surface area contributed by atoms with Gasteiger partial charge in [0, 0.05) is 13.1 Å². The largest absolute Gasteiger partial charge is 0.496 e. The van der Waals surface area contributed by atoms with E-state index in [-0.39, 0.29) is 36.4 Å². The zero-order valence-corrected chi connectivity index (χ0v) is 17.8. The quantitative estimate of drug-likeness (QED) is 0.656.